The van der Waals surface area contributed by atoms with Gasteiger partial charge in [-0.05, 0) is 25.0 Å². The van der Waals surface area contributed by atoms with Crippen LogP contribution in [-0.4, -0.2) is 58.6 Å². The maximum absolute atomic E-state index is 12.6. The van der Waals surface area contributed by atoms with E-state index in [0.717, 1.165) is 31.5 Å². The second-order valence-corrected chi connectivity index (χ2v) is 9.10. The summed E-state index contributed by atoms with van der Waals surface area (Å²) in [5.41, 5.74) is 0. The Bertz CT molecular complexity index is 896. The minimum absolute atomic E-state index is 0.134. The van der Waals surface area contributed by atoms with Crippen molar-refractivity contribution in [2.24, 2.45) is 5.92 Å². The number of halogens is 1. The molecule has 2 fully saturated rings. The first-order chi connectivity index (χ1) is 15.1. The first kappa shape index (κ1) is 22.0. The third kappa shape index (κ3) is 5.92. The Labute approximate surface area is 190 Å². The van der Waals surface area contributed by atoms with Gasteiger partial charge in [-0.3, -0.25) is 9.59 Å². The average molecular weight is 464 g/mol. The molecule has 1 saturated carbocycles. The lowest BCUT2D eigenvalue weighted by atomic mass is 10.1. The van der Waals surface area contributed by atoms with Crippen LogP contribution in [0.25, 0.3) is 0 Å². The van der Waals surface area contributed by atoms with Gasteiger partial charge in [-0.1, -0.05) is 36.2 Å². The van der Waals surface area contributed by atoms with Gasteiger partial charge in [-0.2, -0.15) is 0 Å². The quantitative estimate of drug-likeness (QED) is 0.383. The zero-order valence-electron chi connectivity index (χ0n) is 17.3. The molecule has 4 rings (SSSR count). The molecule has 2 aromatic rings. The first-order valence-electron chi connectivity index (χ1n) is 10.6. The number of amides is 2. The number of anilines is 1. The lowest BCUT2D eigenvalue weighted by molar-refractivity contribution is -0.135. The van der Waals surface area contributed by atoms with E-state index >= 15 is 0 Å². The molecule has 2 aliphatic rings. The van der Waals surface area contributed by atoms with Crippen molar-refractivity contribution in [1.82, 2.24) is 20.2 Å². The predicted octanol–water partition coefficient (Wildman–Crippen LogP) is 2.97. The molecule has 2 aromatic heterocycles. The van der Waals surface area contributed by atoms with Crippen LogP contribution in [0.4, 0.5) is 5.82 Å². The van der Waals surface area contributed by atoms with Crippen LogP contribution in [0, 0.1) is 5.92 Å². The van der Waals surface area contributed by atoms with E-state index in [9.17, 15) is 9.59 Å². The van der Waals surface area contributed by atoms with E-state index in [1.165, 1.54) is 11.8 Å². The fourth-order valence-corrected chi connectivity index (χ4v) is 4.89. The van der Waals surface area contributed by atoms with Crippen LogP contribution in [0.2, 0.25) is 5.15 Å². The van der Waals surface area contributed by atoms with Crippen molar-refractivity contribution in [3.8, 4) is 0 Å². The minimum atomic E-state index is -0.134. The summed E-state index contributed by atoms with van der Waals surface area (Å²) in [5.74, 6) is 1.99. The zero-order chi connectivity index (χ0) is 21.6. The second kappa shape index (κ2) is 10.4. The van der Waals surface area contributed by atoms with Crippen molar-refractivity contribution in [1.29, 1.82) is 0 Å². The normalized spacial score (nSPS) is 17.2. The van der Waals surface area contributed by atoms with E-state index in [1.807, 2.05) is 4.90 Å². The van der Waals surface area contributed by atoms with Gasteiger partial charge >= 0.3 is 0 Å². The Balaban J connectivity index is 1.28. The molecule has 8 nitrogen and oxygen atoms in total. The molecule has 0 spiro atoms. The Hall–Kier alpha value is -2.26. The second-order valence-electron chi connectivity index (χ2n) is 7.77. The molecule has 2 amide bonds. The molecule has 0 aromatic carbocycles. The molecule has 0 radical (unpaired) electrons. The summed E-state index contributed by atoms with van der Waals surface area (Å²) in [6.45, 7) is 3.14. The van der Waals surface area contributed by atoms with Gasteiger partial charge < -0.3 is 19.5 Å². The van der Waals surface area contributed by atoms with Gasteiger partial charge in [0, 0.05) is 38.2 Å². The fraction of sp³-hybridized carbons (Fsp3) is 0.524. The Morgan fingerprint density at radius 2 is 1.97 bits per heavy atom. The highest BCUT2D eigenvalue weighted by Gasteiger charge is 2.29. The number of hydrogen-bond acceptors (Lipinski definition) is 7. The predicted molar refractivity (Wildman–Crippen MR) is 119 cm³/mol. The number of nitrogens with zero attached hydrogens (tertiary/aromatic N) is 4. The van der Waals surface area contributed by atoms with Gasteiger partial charge in [-0.25, -0.2) is 9.97 Å². The summed E-state index contributed by atoms with van der Waals surface area (Å²) in [7, 11) is 0. The van der Waals surface area contributed by atoms with Crippen molar-refractivity contribution in [2.75, 3.05) is 36.8 Å². The number of carbonyl (C=O) groups is 2. The molecule has 0 unspecified atom stereocenters. The number of carbonyl (C=O) groups excluding carboxylic acids is 2. The monoisotopic (exact) mass is 463 g/mol. The van der Waals surface area contributed by atoms with Gasteiger partial charge in [-0.15, -0.1) is 0 Å². The number of furan rings is 1. The number of rotatable bonds is 7. The summed E-state index contributed by atoms with van der Waals surface area (Å²) in [4.78, 5) is 37.6. The van der Waals surface area contributed by atoms with Gasteiger partial charge in [0.2, 0.25) is 11.8 Å². The fourth-order valence-electron chi connectivity index (χ4n) is 3.98. The maximum Gasteiger partial charge on any atom is 0.230 e. The highest BCUT2D eigenvalue weighted by molar-refractivity contribution is 7.99. The van der Waals surface area contributed by atoms with E-state index in [1.54, 1.807) is 24.5 Å². The average Bonchev–Trinajstić information content (AvgIpc) is 3.50. The molecule has 1 N–H and O–H groups in total. The summed E-state index contributed by atoms with van der Waals surface area (Å²) < 4.78 is 5.20. The number of thioether (sulfide) groups is 1. The Morgan fingerprint density at radius 3 is 2.68 bits per heavy atom. The van der Waals surface area contributed by atoms with Crippen LogP contribution in [0.15, 0.2) is 34.0 Å². The molecule has 10 heteroatoms. The summed E-state index contributed by atoms with van der Waals surface area (Å²) in [5, 5.41) is 3.60. The SMILES string of the molecule is O=C(CSc1nc(Cl)cc(N2CCN(C(=O)C3CCCC3)CC2)n1)NCc1ccco1. The van der Waals surface area contributed by atoms with E-state index in [4.69, 9.17) is 16.0 Å². The highest BCUT2D eigenvalue weighted by Crippen LogP contribution is 2.28. The van der Waals surface area contributed by atoms with Crippen molar-refractivity contribution in [2.45, 2.75) is 37.4 Å². The third-order valence-electron chi connectivity index (χ3n) is 5.65. The third-order valence-corrected chi connectivity index (χ3v) is 6.69. The van der Waals surface area contributed by atoms with Crippen LogP contribution in [0.5, 0.6) is 0 Å². The Kier molecular flexibility index (Phi) is 7.34. The van der Waals surface area contributed by atoms with Crippen LogP contribution in [-0.2, 0) is 16.1 Å². The van der Waals surface area contributed by atoms with E-state index in [2.05, 4.69) is 20.2 Å². The number of aromatic nitrogens is 2. The summed E-state index contributed by atoms with van der Waals surface area (Å²) in [6, 6.07) is 5.32. The molecule has 1 saturated heterocycles. The van der Waals surface area contributed by atoms with Crippen LogP contribution in [0.3, 0.4) is 0 Å². The smallest absolute Gasteiger partial charge is 0.230 e. The van der Waals surface area contributed by atoms with Crippen molar-refractivity contribution >= 4 is 41.0 Å². The molecule has 1 aliphatic carbocycles. The first-order valence-corrected chi connectivity index (χ1v) is 11.9. The Morgan fingerprint density at radius 1 is 1.19 bits per heavy atom. The number of nitrogens with one attached hydrogen (secondary N) is 1. The molecule has 0 bridgehead atoms. The minimum Gasteiger partial charge on any atom is -0.467 e. The van der Waals surface area contributed by atoms with Crippen LogP contribution in [0.1, 0.15) is 31.4 Å². The number of piperazine rings is 1. The zero-order valence-corrected chi connectivity index (χ0v) is 18.8. The lowest BCUT2D eigenvalue weighted by Gasteiger charge is -2.36. The van der Waals surface area contributed by atoms with Gasteiger partial charge in [0.15, 0.2) is 5.16 Å². The lowest BCUT2D eigenvalue weighted by Crippen LogP contribution is -2.50. The summed E-state index contributed by atoms with van der Waals surface area (Å²) >= 11 is 7.45. The van der Waals surface area contributed by atoms with Crippen LogP contribution >= 0.6 is 23.4 Å². The highest BCUT2D eigenvalue weighted by atomic mass is 35.5. The number of hydrogen-bond donors (Lipinski definition) is 1. The van der Waals surface area contributed by atoms with Crippen molar-refractivity contribution in [3.63, 3.8) is 0 Å². The standard InChI is InChI=1S/C21H26ClN5O3S/c22-17-12-18(26-7-9-27(10-8-26)20(29)15-4-1-2-5-15)25-21(24-17)31-14-19(28)23-13-16-6-3-11-30-16/h3,6,11-12,15H,1-2,4-5,7-10,13-14H2,(H,23,28). The molecule has 3 heterocycles. The van der Waals surface area contributed by atoms with E-state index < -0.39 is 0 Å². The van der Waals surface area contributed by atoms with Gasteiger partial charge in [0.05, 0.1) is 18.6 Å². The molecule has 31 heavy (non-hydrogen) atoms. The maximum atomic E-state index is 12.6. The van der Waals surface area contributed by atoms with Gasteiger partial charge in [0.1, 0.15) is 16.7 Å². The molecule has 166 valence electrons. The molecule has 0 atom stereocenters. The van der Waals surface area contributed by atoms with Crippen molar-refractivity contribution < 1.29 is 14.0 Å². The van der Waals surface area contributed by atoms with E-state index in [0.29, 0.717) is 54.7 Å². The van der Waals surface area contributed by atoms with E-state index in [-0.39, 0.29) is 17.6 Å². The molecule has 1 aliphatic heterocycles. The molecular weight excluding hydrogens is 438 g/mol. The van der Waals surface area contributed by atoms with Crippen LogP contribution < -0.4 is 10.2 Å². The van der Waals surface area contributed by atoms with Crippen molar-refractivity contribution in [3.05, 3.63) is 35.4 Å². The molecular formula is C21H26ClN5O3S. The summed E-state index contributed by atoms with van der Waals surface area (Å²) in [6.07, 6.45) is 5.95. The van der Waals surface area contributed by atoms with Gasteiger partial charge in [0.25, 0.3) is 0 Å². The topological polar surface area (TPSA) is 91.6 Å². The largest absolute Gasteiger partial charge is 0.467 e.